The zero-order valence-electron chi connectivity index (χ0n) is 14.9. The van der Waals surface area contributed by atoms with Crippen molar-refractivity contribution in [1.29, 1.82) is 0 Å². The van der Waals surface area contributed by atoms with Crippen molar-refractivity contribution in [2.75, 3.05) is 5.32 Å². The minimum atomic E-state index is -1.24. The van der Waals surface area contributed by atoms with E-state index in [2.05, 4.69) is 28.1 Å². The quantitative estimate of drug-likeness (QED) is 0.436. The molecule has 1 N–H and O–H groups in total. The Morgan fingerprint density at radius 2 is 1.59 bits per heavy atom. The van der Waals surface area contributed by atoms with Gasteiger partial charge in [-0.05, 0) is 41.8 Å². The summed E-state index contributed by atoms with van der Waals surface area (Å²) in [7, 11) is 0. The number of carbonyl (C=O) groups is 2. The van der Waals surface area contributed by atoms with Gasteiger partial charge < -0.3 is 19.4 Å². The Labute approximate surface area is 156 Å². The summed E-state index contributed by atoms with van der Waals surface area (Å²) in [5.74, 6) is -2.66. The maximum Gasteiger partial charge on any atom is 0.350 e. The summed E-state index contributed by atoms with van der Waals surface area (Å²) >= 11 is 0. The molecule has 0 aliphatic carbocycles. The molecule has 27 heavy (non-hydrogen) atoms. The summed E-state index contributed by atoms with van der Waals surface area (Å²) < 4.78 is 12.2. The third kappa shape index (κ3) is 3.29. The summed E-state index contributed by atoms with van der Waals surface area (Å²) in [6, 6.07) is 17.8. The van der Waals surface area contributed by atoms with Crippen LogP contribution in [0.1, 0.15) is 13.8 Å². The number of hydrogen-bond acceptors (Lipinski definition) is 5. The number of hydrogen-bond donors (Lipinski definition) is 1. The molecule has 0 saturated carbocycles. The molecule has 0 atom stereocenters. The predicted molar refractivity (Wildman–Crippen MR) is 101 cm³/mol. The number of rotatable bonds is 3. The SMILES string of the molecule is CC1(C)OC(=O)C(=CNc2ccc(-n3ccc4ccccc43)cc2)C(=O)O1. The third-order valence-corrected chi connectivity index (χ3v) is 4.24. The van der Waals surface area contributed by atoms with Gasteiger partial charge in [-0.15, -0.1) is 0 Å². The van der Waals surface area contributed by atoms with Crippen molar-refractivity contribution in [3.63, 3.8) is 0 Å². The van der Waals surface area contributed by atoms with Crippen molar-refractivity contribution in [3.8, 4) is 5.69 Å². The molecule has 1 saturated heterocycles. The highest BCUT2D eigenvalue weighted by atomic mass is 16.7. The molecule has 1 fully saturated rings. The molecular weight excluding hydrogens is 344 g/mol. The summed E-state index contributed by atoms with van der Waals surface area (Å²) in [6.07, 6.45) is 3.32. The number of benzene rings is 2. The summed E-state index contributed by atoms with van der Waals surface area (Å²) in [5, 5.41) is 4.11. The lowest BCUT2D eigenvalue weighted by Crippen LogP contribution is -2.42. The lowest BCUT2D eigenvalue weighted by molar-refractivity contribution is -0.222. The first-order valence-corrected chi connectivity index (χ1v) is 8.53. The van der Waals surface area contributed by atoms with E-state index in [9.17, 15) is 9.59 Å². The largest absolute Gasteiger partial charge is 0.419 e. The number of cyclic esters (lactones) is 2. The molecule has 0 bridgehead atoms. The van der Waals surface area contributed by atoms with Crippen LogP contribution in [0, 0.1) is 0 Å². The predicted octanol–water partition coefficient (Wildman–Crippen LogP) is 3.76. The third-order valence-electron chi connectivity index (χ3n) is 4.24. The fraction of sp³-hybridized carbons (Fsp3) is 0.143. The first kappa shape index (κ1) is 16.9. The van der Waals surface area contributed by atoms with E-state index in [-0.39, 0.29) is 5.57 Å². The van der Waals surface area contributed by atoms with Gasteiger partial charge >= 0.3 is 11.9 Å². The standard InChI is InChI=1S/C21H18N2O4/c1-21(2)26-19(24)17(20(25)27-21)13-22-15-7-9-16(10-8-15)23-12-11-14-5-3-4-6-18(14)23/h3-13,22H,1-2H3. The first-order valence-electron chi connectivity index (χ1n) is 8.53. The smallest absolute Gasteiger partial charge is 0.350 e. The van der Waals surface area contributed by atoms with Crippen LogP contribution in [-0.2, 0) is 19.1 Å². The molecule has 4 rings (SSSR count). The van der Waals surface area contributed by atoms with Crippen molar-refractivity contribution >= 4 is 28.5 Å². The van der Waals surface area contributed by atoms with Crippen LogP contribution in [0.3, 0.4) is 0 Å². The molecule has 2 heterocycles. The molecule has 1 aromatic heterocycles. The Hall–Kier alpha value is -3.54. The number of ether oxygens (including phenoxy) is 2. The van der Waals surface area contributed by atoms with Crippen LogP contribution in [0.5, 0.6) is 0 Å². The molecule has 0 unspecified atom stereocenters. The molecule has 1 aliphatic rings. The second-order valence-electron chi connectivity index (χ2n) is 6.67. The Morgan fingerprint density at radius 1 is 0.926 bits per heavy atom. The molecule has 1 aliphatic heterocycles. The number of para-hydroxylation sites is 1. The molecule has 3 aromatic rings. The number of anilines is 1. The number of esters is 2. The second kappa shape index (κ2) is 6.32. The molecule has 0 spiro atoms. The molecule has 6 heteroatoms. The Bertz CT molecular complexity index is 1040. The van der Waals surface area contributed by atoms with Crippen molar-refractivity contribution in [1.82, 2.24) is 4.57 Å². The maximum atomic E-state index is 11.9. The van der Waals surface area contributed by atoms with Gasteiger partial charge in [0, 0.05) is 37.6 Å². The van der Waals surface area contributed by atoms with Gasteiger partial charge in [0.05, 0.1) is 5.52 Å². The van der Waals surface area contributed by atoms with E-state index in [1.54, 1.807) is 0 Å². The molecule has 2 aromatic carbocycles. The van der Waals surface area contributed by atoms with Crippen molar-refractivity contribution in [2.24, 2.45) is 0 Å². The number of nitrogens with zero attached hydrogens (tertiary/aromatic N) is 1. The number of carbonyl (C=O) groups excluding carboxylic acids is 2. The number of fused-ring (bicyclic) bond motifs is 1. The fourth-order valence-corrected chi connectivity index (χ4v) is 2.96. The molecule has 6 nitrogen and oxygen atoms in total. The number of aromatic nitrogens is 1. The topological polar surface area (TPSA) is 69.6 Å². The van der Waals surface area contributed by atoms with Gasteiger partial charge in [-0.25, -0.2) is 9.59 Å². The zero-order chi connectivity index (χ0) is 19.0. The average Bonchev–Trinajstić information content (AvgIpc) is 3.05. The van der Waals surface area contributed by atoms with Crippen LogP contribution in [0.4, 0.5) is 5.69 Å². The Kier molecular flexibility index (Phi) is 3.96. The van der Waals surface area contributed by atoms with Gasteiger partial charge in [-0.1, -0.05) is 18.2 Å². The first-order chi connectivity index (χ1) is 12.9. The molecule has 136 valence electrons. The monoisotopic (exact) mass is 362 g/mol. The van der Waals surface area contributed by atoms with Crippen LogP contribution >= 0.6 is 0 Å². The lowest BCUT2D eigenvalue weighted by atomic mass is 10.2. The van der Waals surface area contributed by atoms with Crippen molar-refractivity contribution < 1.29 is 19.1 Å². The highest BCUT2D eigenvalue weighted by molar-refractivity contribution is 6.15. The average molecular weight is 362 g/mol. The van der Waals surface area contributed by atoms with Crippen molar-refractivity contribution in [3.05, 3.63) is 72.6 Å². The van der Waals surface area contributed by atoms with E-state index in [0.29, 0.717) is 0 Å². The maximum absolute atomic E-state index is 11.9. The zero-order valence-corrected chi connectivity index (χ0v) is 14.9. The van der Waals surface area contributed by atoms with Gasteiger partial charge in [-0.3, -0.25) is 0 Å². The summed E-state index contributed by atoms with van der Waals surface area (Å²) in [6.45, 7) is 3.02. The minimum absolute atomic E-state index is 0.171. The molecular formula is C21H18N2O4. The van der Waals surface area contributed by atoms with E-state index in [1.807, 2.05) is 42.6 Å². The number of nitrogens with one attached hydrogen (secondary N) is 1. The van der Waals surface area contributed by atoms with E-state index in [1.165, 1.54) is 25.4 Å². The van der Waals surface area contributed by atoms with Crippen LogP contribution < -0.4 is 5.32 Å². The Balaban J connectivity index is 1.53. The lowest BCUT2D eigenvalue weighted by Gasteiger charge is -2.29. The molecule has 0 radical (unpaired) electrons. The van der Waals surface area contributed by atoms with E-state index in [4.69, 9.17) is 9.47 Å². The van der Waals surface area contributed by atoms with E-state index >= 15 is 0 Å². The Morgan fingerprint density at radius 3 is 2.30 bits per heavy atom. The second-order valence-corrected chi connectivity index (χ2v) is 6.67. The van der Waals surface area contributed by atoms with Gasteiger partial charge in [0.25, 0.3) is 5.79 Å². The van der Waals surface area contributed by atoms with E-state index < -0.39 is 17.7 Å². The van der Waals surface area contributed by atoms with Gasteiger partial charge in [0.1, 0.15) is 0 Å². The highest BCUT2D eigenvalue weighted by Gasteiger charge is 2.38. The van der Waals surface area contributed by atoms with Crippen LogP contribution in [-0.4, -0.2) is 22.3 Å². The van der Waals surface area contributed by atoms with Crippen LogP contribution in [0.15, 0.2) is 72.6 Å². The molecule has 0 amide bonds. The van der Waals surface area contributed by atoms with E-state index in [0.717, 1.165) is 16.9 Å². The van der Waals surface area contributed by atoms with Gasteiger partial charge in [0.2, 0.25) is 0 Å². The normalized spacial score (nSPS) is 16.0. The van der Waals surface area contributed by atoms with Crippen molar-refractivity contribution in [2.45, 2.75) is 19.6 Å². The van der Waals surface area contributed by atoms with Crippen LogP contribution in [0.25, 0.3) is 16.6 Å². The van der Waals surface area contributed by atoms with Gasteiger partial charge in [0.15, 0.2) is 5.57 Å². The minimum Gasteiger partial charge on any atom is -0.419 e. The fourth-order valence-electron chi connectivity index (χ4n) is 2.96. The summed E-state index contributed by atoms with van der Waals surface area (Å²) in [5.41, 5.74) is 2.69. The van der Waals surface area contributed by atoms with Crippen LogP contribution in [0.2, 0.25) is 0 Å². The van der Waals surface area contributed by atoms with Gasteiger partial charge in [-0.2, -0.15) is 0 Å². The highest BCUT2D eigenvalue weighted by Crippen LogP contribution is 2.24. The summed E-state index contributed by atoms with van der Waals surface area (Å²) in [4.78, 5) is 23.9.